The molecule has 1 fully saturated rings. The quantitative estimate of drug-likeness (QED) is 0.862. The Kier molecular flexibility index (Phi) is 4.63. The molecule has 2 heterocycles. The maximum atomic E-state index is 11.5. The minimum absolute atomic E-state index is 0.181. The molecule has 1 atom stereocenters. The van der Waals surface area contributed by atoms with Gasteiger partial charge in [-0.25, -0.2) is 0 Å². The highest BCUT2D eigenvalue weighted by molar-refractivity contribution is 8.00. The molecule has 0 aliphatic carbocycles. The van der Waals surface area contributed by atoms with E-state index in [-0.39, 0.29) is 5.91 Å². The summed E-state index contributed by atoms with van der Waals surface area (Å²) in [5.74, 6) is 1.78. The summed E-state index contributed by atoms with van der Waals surface area (Å²) in [6, 6.07) is 3.50. The lowest BCUT2D eigenvalue weighted by Gasteiger charge is -2.22. The number of carbonyl (C=O) groups excluding carboxylic acids is 1. The smallest absolute Gasteiger partial charge is 0.271 e. The van der Waals surface area contributed by atoms with Gasteiger partial charge < -0.3 is 10.6 Å². The molecule has 1 amide bonds. The van der Waals surface area contributed by atoms with Crippen LogP contribution in [-0.4, -0.2) is 39.7 Å². The van der Waals surface area contributed by atoms with E-state index in [1.165, 1.54) is 18.6 Å². The molecule has 1 saturated heterocycles. The molecule has 6 heteroatoms. The zero-order valence-corrected chi connectivity index (χ0v) is 12.2. The first-order valence-corrected chi connectivity index (χ1v) is 7.61. The second-order valence-corrected chi connectivity index (χ2v) is 6.60. The van der Waals surface area contributed by atoms with Gasteiger partial charge in [0, 0.05) is 17.8 Å². The molecule has 0 aromatic carbocycles. The summed E-state index contributed by atoms with van der Waals surface area (Å²) in [5.41, 5.74) is 0.355. The Morgan fingerprint density at radius 1 is 1.47 bits per heavy atom. The van der Waals surface area contributed by atoms with Crippen molar-refractivity contribution < 1.29 is 4.79 Å². The summed E-state index contributed by atoms with van der Waals surface area (Å²) in [4.78, 5) is 11.5. The molecular formula is C13H20N4OS. The van der Waals surface area contributed by atoms with Crippen LogP contribution in [0.3, 0.4) is 0 Å². The SMILES string of the molecule is CCNC(=O)c1ccc(NCC2(C)CCCS2)nn1. The first kappa shape index (κ1) is 14.1. The third-order valence-electron chi connectivity index (χ3n) is 3.18. The van der Waals surface area contributed by atoms with Crippen LogP contribution >= 0.6 is 11.8 Å². The standard InChI is InChI=1S/C13H20N4OS/c1-3-14-12(18)10-5-6-11(17-16-10)15-9-13(2)7-4-8-19-13/h5-6H,3-4,7-9H2,1-2H3,(H,14,18)(H,15,17). The van der Waals surface area contributed by atoms with Gasteiger partial charge in [-0.15, -0.1) is 10.2 Å². The topological polar surface area (TPSA) is 66.9 Å². The maximum absolute atomic E-state index is 11.5. The molecule has 1 aliphatic heterocycles. The zero-order valence-electron chi connectivity index (χ0n) is 11.4. The average molecular weight is 280 g/mol. The lowest BCUT2D eigenvalue weighted by Crippen LogP contribution is -2.28. The van der Waals surface area contributed by atoms with Gasteiger partial charge in [-0.05, 0) is 44.6 Å². The highest BCUT2D eigenvalue weighted by atomic mass is 32.2. The monoisotopic (exact) mass is 280 g/mol. The molecule has 5 nitrogen and oxygen atoms in total. The van der Waals surface area contributed by atoms with Gasteiger partial charge in [-0.1, -0.05) is 0 Å². The predicted octanol–water partition coefficient (Wildman–Crippen LogP) is 1.92. The van der Waals surface area contributed by atoms with E-state index in [1.807, 2.05) is 18.7 Å². The fourth-order valence-corrected chi connectivity index (χ4v) is 3.30. The van der Waals surface area contributed by atoms with E-state index in [0.29, 0.717) is 17.0 Å². The molecule has 19 heavy (non-hydrogen) atoms. The van der Waals surface area contributed by atoms with Crippen LogP contribution in [0.1, 0.15) is 37.2 Å². The Bertz CT molecular complexity index is 429. The molecule has 1 unspecified atom stereocenters. The third kappa shape index (κ3) is 3.83. The van der Waals surface area contributed by atoms with Gasteiger partial charge in [0.05, 0.1) is 0 Å². The van der Waals surface area contributed by atoms with E-state index in [9.17, 15) is 4.79 Å². The molecular weight excluding hydrogens is 260 g/mol. The summed E-state index contributed by atoms with van der Waals surface area (Å²) in [6.45, 7) is 5.62. The van der Waals surface area contributed by atoms with Crippen molar-refractivity contribution in [2.45, 2.75) is 31.4 Å². The van der Waals surface area contributed by atoms with Crippen LogP contribution in [-0.2, 0) is 0 Å². The van der Waals surface area contributed by atoms with Gasteiger partial charge in [0.1, 0.15) is 5.82 Å². The molecule has 0 saturated carbocycles. The van der Waals surface area contributed by atoms with Crippen molar-refractivity contribution in [1.29, 1.82) is 0 Å². The van der Waals surface area contributed by atoms with Crippen LogP contribution in [0, 0.1) is 0 Å². The van der Waals surface area contributed by atoms with E-state index >= 15 is 0 Å². The number of anilines is 1. The van der Waals surface area contributed by atoms with Crippen LogP contribution in [0.25, 0.3) is 0 Å². The Morgan fingerprint density at radius 3 is 2.89 bits per heavy atom. The number of nitrogens with one attached hydrogen (secondary N) is 2. The van der Waals surface area contributed by atoms with E-state index < -0.39 is 0 Å². The normalized spacial score (nSPS) is 22.2. The van der Waals surface area contributed by atoms with Crippen LogP contribution in [0.5, 0.6) is 0 Å². The summed E-state index contributed by atoms with van der Waals surface area (Å²) in [6.07, 6.45) is 2.51. The number of aromatic nitrogens is 2. The average Bonchev–Trinajstić information content (AvgIpc) is 2.85. The second-order valence-electron chi connectivity index (χ2n) is 4.92. The van der Waals surface area contributed by atoms with Crippen LogP contribution in [0.15, 0.2) is 12.1 Å². The lowest BCUT2D eigenvalue weighted by atomic mass is 10.1. The van der Waals surface area contributed by atoms with Gasteiger partial charge in [0.15, 0.2) is 5.69 Å². The molecule has 1 aromatic heterocycles. The van der Waals surface area contributed by atoms with Gasteiger partial charge >= 0.3 is 0 Å². The Balaban J connectivity index is 1.90. The number of hydrogen-bond acceptors (Lipinski definition) is 5. The Labute approximate surface area is 118 Å². The minimum atomic E-state index is -0.181. The predicted molar refractivity (Wildman–Crippen MR) is 78.6 cm³/mol. The number of hydrogen-bond donors (Lipinski definition) is 2. The first-order valence-electron chi connectivity index (χ1n) is 6.63. The fourth-order valence-electron chi connectivity index (χ4n) is 2.05. The molecule has 0 radical (unpaired) electrons. The summed E-state index contributed by atoms with van der Waals surface area (Å²) in [5, 5.41) is 14.0. The van der Waals surface area contributed by atoms with Gasteiger partial charge in [-0.3, -0.25) is 4.79 Å². The molecule has 2 N–H and O–H groups in total. The van der Waals surface area contributed by atoms with Crippen molar-refractivity contribution in [3.8, 4) is 0 Å². The Morgan fingerprint density at radius 2 is 2.32 bits per heavy atom. The lowest BCUT2D eigenvalue weighted by molar-refractivity contribution is 0.0950. The third-order valence-corrected chi connectivity index (χ3v) is 4.72. The van der Waals surface area contributed by atoms with Crippen molar-refractivity contribution in [2.24, 2.45) is 0 Å². The molecule has 0 spiro atoms. The summed E-state index contributed by atoms with van der Waals surface area (Å²) >= 11 is 2.00. The van der Waals surface area contributed by atoms with Crippen molar-refractivity contribution in [1.82, 2.24) is 15.5 Å². The van der Waals surface area contributed by atoms with Crippen molar-refractivity contribution in [2.75, 3.05) is 24.2 Å². The van der Waals surface area contributed by atoms with Gasteiger partial charge in [0.25, 0.3) is 5.91 Å². The number of carbonyl (C=O) groups is 1. The minimum Gasteiger partial charge on any atom is -0.367 e. The largest absolute Gasteiger partial charge is 0.367 e. The summed E-state index contributed by atoms with van der Waals surface area (Å²) in [7, 11) is 0. The van der Waals surface area contributed by atoms with Gasteiger partial charge in [0.2, 0.25) is 0 Å². The highest BCUT2D eigenvalue weighted by Crippen LogP contribution is 2.37. The van der Waals surface area contributed by atoms with Crippen LogP contribution in [0.2, 0.25) is 0 Å². The van der Waals surface area contributed by atoms with Crippen molar-refractivity contribution in [3.05, 3.63) is 17.8 Å². The van der Waals surface area contributed by atoms with Crippen molar-refractivity contribution >= 4 is 23.5 Å². The number of amides is 1. The maximum Gasteiger partial charge on any atom is 0.271 e. The fraction of sp³-hybridized carbons (Fsp3) is 0.615. The molecule has 1 aromatic rings. The number of nitrogens with zero attached hydrogens (tertiary/aromatic N) is 2. The molecule has 2 rings (SSSR count). The second kappa shape index (κ2) is 6.23. The van der Waals surface area contributed by atoms with Crippen molar-refractivity contribution in [3.63, 3.8) is 0 Å². The van der Waals surface area contributed by atoms with Crippen LogP contribution < -0.4 is 10.6 Å². The molecule has 104 valence electrons. The molecule has 1 aliphatic rings. The summed E-state index contributed by atoms with van der Waals surface area (Å²) < 4.78 is 0.292. The highest BCUT2D eigenvalue weighted by Gasteiger charge is 2.29. The first-order chi connectivity index (χ1) is 9.13. The molecule has 0 bridgehead atoms. The van der Waals surface area contributed by atoms with E-state index in [4.69, 9.17) is 0 Å². The number of thioether (sulfide) groups is 1. The van der Waals surface area contributed by atoms with Crippen LogP contribution in [0.4, 0.5) is 5.82 Å². The van der Waals surface area contributed by atoms with E-state index in [2.05, 4.69) is 27.8 Å². The van der Waals surface area contributed by atoms with E-state index in [1.54, 1.807) is 12.1 Å². The van der Waals surface area contributed by atoms with Gasteiger partial charge in [-0.2, -0.15) is 11.8 Å². The van der Waals surface area contributed by atoms with E-state index in [0.717, 1.165) is 12.4 Å². The number of rotatable bonds is 5. The zero-order chi connectivity index (χ0) is 13.7. The Hall–Kier alpha value is -1.30.